The minimum absolute atomic E-state index is 0.129. The Morgan fingerprint density at radius 3 is 2.60 bits per heavy atom. The van der Waals surface area contributed by atoms with Crippen LogP contribution >= 0.6 is 0 Å². The third-order valence-corrected chi connectivity index (χ3v) is 5.74. The molecule has 3 atom stereocenters. The van der Waals surface area contributed by atoms with E-state index in [4.69, 9.17) is 4.74 Å². The van der Waals surface area contributed by atoms with E-state index in [1.807, 2.05) is 12.1 Å². The van der Waals surface area contributed by atoms with Crippen molar-refractivity contribution in [2.24, 2.45) is 5.92 Å². The Morgan fingerprint density at radius 2 is 1.88 bits per heavy atom. The third kappa shape index (κ3) is 5.46. The molecule has 1 heterocycles. The summed E-state index contributed by atoms with van der Waals surface area (Å²) in [6, 6.07) is 8.22. The van der Waals surface area contributed by atoms with E-state index in [2.05, 4.69) is 38.2 Å². The first-order chi connectivity index (χ1) is 12.2. The van der Waals surface area contributed by atoms with Gasteiger partial charge in [0.2, 0.25) is 0 Å². The summed E-state index contributed by atoms with van der Waals surface area (Å²) in [6.45, 7) is 8.15. The van der Waals surface area contributed by atoms with Crippen LogP contribution in [0.25, 0.3) is 0 Å². The lowest BCUT2D eigenvalue weighted by atomic mass is 9.90. The lowest BCUT2D eigenvalue weighted by Crippen LogP contribution is -2.40. The molecular formula is C22H37NO2. The van der Waals surface area contributed by atoms with Gasteiger partial charge in [-0.3, -0.25) is 0 Å². The zero-order chi connectivity index (χ0) is 18.1. The molecule has 3 heteroatoms. The summed E-state index contributed by atoms with van der Waals surface area (Å²) in [4.78, 5) is 0. The first-order valence-electron chi connectivity index (χ1n) is 10.3. The molecule has 0 radical (unpaired) electrons. The van der Waals surface area contributed by atoms with Crippen LogP contribution in [0.2, 0.25) is 0 Å². The van der Waals surface area contributed by atoms with Gasteiger partial charge in [0.25, 0.3) is 0 Å². The van der Waals surface area contributed by atoms with E-state index in [9.17, 15) is 5.11 Å². The van der Waals surface area contributed by atoms with E-state index < -0.39 is 6.10 Å². The van der Waals surface area contributed by atoms with Gasteiger partial charge in [-0.05, 0) is 25.3 Å². The number of benzene rings is 1. The number of hydrogen-bond donors (Lipinski definition) is 2. The highest BCUT2D eigenvalue weighted by atomic mass is 16.5. The van der Waals surface area contributed by atoms with Crippen molar-refractivity contribution in [1.82, 2.24) is 0 Å². The summed E-state index contributed by atoms with van der Waals surface area (Å²) >= 11 is 0. The minimum Gasteiger partial charge on any atom is -0.388 e. The highest BCUT2D eigenvalue weighted by molar-refractivity contribution is 5.52. The molecule has 1 aromatic carbocycles. The predicted molar refractivity (Wildman–Crippen MR) is 106 cm³/mol. The first kappa shape index (κ1) is 20.3. The Labute approximate surface area is 154 Å². The largest absolute Gasteiger partial charge is 0.388 e. The summed E-state index contributed by atoms with van der Waals surface area (Å²) in [5.41, 5.74) is 1.96. The number of anilines is 1. The maximum Gasteiger partial charge on any atom is 0.0860 e. The quantitative estimate of drug-likeness (QED) is 0.593. The summed E-state index contributed by atoms with van der Waals surface area (Å²) in [6.07, 6.45) is 8.59. The fourth-order valence-electron chi connectivity index (χ4n) is 3.81. The van der Waals surface area contributed by atoms with E-state index >= 15 is 0 Å². The predicted octanol–water partition coefficient (Wildman–Crippen LogP) is 5.70. The van der Waals surface area contributed by atoms with Crippen molar-refractivity contribution in [3.63, 3.8) is 0 Å². The number of rotatable bonds is 8. The lowest BCUT2D eigenvalue weighted by molar-refractivity contribution is -0.0794. The number of fused-ring (bicyclic) bond motifs is 1. The van der Waals surface area contributed by atoms with E-state index in [1.165, 1.54) is 25.7 Å². The second-order valence-corrected chi connectivity index (χ2v) is 7.59. The molecule has 3 nitrogen and oxygen atoms in total. The number of unbranched alkanes of at least 4 members (excludes halogenated alkanes) is 3. The van der Waals surface area contributed by atoms with Crippen molar-refractivity contribution < 1.29 is 9.84 Å². The van der Waals surface area contributed by atoms with Crippen LogP contribution in [-0.4, -0.2) is 23.9 Å². The average Bonchev–Trinajstić information content (AvgIpc) is 2.70. The minimum atomic E-state index is -0.459. The molecule has 1 aliphatic rings. The lowest BCUT2D eigenvalue weighted by Gasteiger charge is -2.34. The fourth-order valence-corrected chi connectivity index (χ4v) is 3.81. The van der Waals surface area contributed by atoms with Gasteiger partial charge >= 0.3 is 0 Å². The number of aliphatic hydroxyl groups excluding tert-OH is 1. The molecule has 0 saturated carbocycles. The van der Waals surface area contributed by atoms with Gasteiger partial charge in [0, 0.05) is 23.7 Å². The second kappa shape index (κ2) is 10.2. The van der Waals surface area contributed by atoms with Crippen molar-refractivity contribution >= 4 is 5.69 Å². The molecule has 25 heavy (non-hydrogen) atoms. The molecule has 0 fully saturated rings. The van der Waals surface area contributed by atoms with Crippen LogP contribution in [0.3, 0.4) is 0 Å². The number of hydrogen-bond acceptors (Lipinski definition) is 3. The Balaban J connectivity index is 2.25. The van der Waals surface area contributed by atoms with E-state index in [0.717, 1.165) is 43.5 Å². The number of nitrogens with one attached hydrogen (secondary N) is 1. The van der Waals surface area contributed by atoms with Crippen molar-refractivity contribution in [3.8, 4) is 0 Å². The van der Waals surface area contributed by atoms with Crippen LogP contribution in [0.1, 0.15) is 83.8 Å². The molecule has 0 aliphatic carbocycles. The van der Waals surface area contributed by atoms with Crippen molar-refractivity contribution in [2.45, 2.75) is 83.8 Å². The van der Waals surface area contributed by atoms with Crippen LogP contribution in [0.5, 0.6) is 0 Å². The topological polar surface area (TPSA) is 41.5 Å². The van der Waals surface area contributed by atoms with Gasteiger partial charge in [0.05, 0.1) is 18.3 Å². The summed E-state index contributed by atoms with van der Waals surface area (Å²) in [5.74, 6) is 0.167. The Hall–Kier alpha value is -1.06. The van der Waals surface area contributed by atoms with Crippen molar-refractivity contribution in [2.75, 3.05) is 18.5 Å². The summed E-state index contributed by atoms with van der Waals surface area (Å²) in [7, 11) is 0. The monoisotopic (exact) mass is 347 g/mol. The van der Waals surface area contributed by atoms with Gasteiger partial charge in [-0.25, -0.2) is 0 Å². The molecule has 0 aromatic heterocycles. The maximum atomic E-state index is 11.0. The van der Waals surface area contributed by atoms with Gasteiger partial charge in [0.15, 0.2) is 0 Å². The van der Waals surface area contributed by atoms with E-state index in [1.54, 1.807) is 0 Å². The van der Waals surface area contributed by atoms with Crippen molar-refractivity contribution in [3.05, 3.63) is 29.8 Å². The first-order valence-corrected chi connectivity index (χ1v) is 10.3. The van der Waals surface area contributed by atoms with Gasteiger partial charge in [-0.2, -0.15) is 0 Å². The summed E-state index contributed by atoms with van der Waals surface area (Å²) < 4.78 is 6.52. The Kier molecular flexibility index (Phi) is 8.25. The molecule has 0 amide bonds. The van der Waals surface area contributed by atoms with E-state index in [-0.39, 0.29) is 11.5 Å². The highest BCUT2D eigenvalue weighted by Crippen LogP contribution is 2.36. The average molecular weight is 348 g/mol. The number of para-hydroxylation sites is 1. The molecule has 0 bridgehead atoms. The fraction of sp³-hybridized carbons (Fsp3) is 0.727. The van der Waals surface area contributed by atoms with Gasteiger partial charge < -0.3 is 15.2 Å². The molecule has 0 saturated heterocycles. The van der Waals surface area contributed by atoms with Crippen LogP contribution in [0.15, 0.2) is 24.3 Å². The standard InChI is InChI=1S/C22H37NO2/c1-4-7-9-12-18-16-25-22(6-3,15-8-5-2)17-23-20-14-11-10-13-19(20)21(18)24/h10-11,13-14,18,21,23-24H,4-9,12,15-17H2,1-3H3. The molecule has 1 aliphatic heterocycles. The zero-order valence-corrected chi connectivity index (χ0v) is 16.4. The molecule has 1 aromatic rings. The molecule has 0 spiro atoms. The third-order valence-electron chi connectivity index (χ3n) is 5.74. The van der Waals surface area contributed by atoms with Crippen LogP contribution in [0, 0.1) is 5.92 Å². The highest BCUT2D eigenvalue weighted by Gasteiger charge is 2.33. The molecule has 142 valence electrons. The molecular weight excluding hydrogens is 310 g/mol. The van der Waals surface area contributed by atoms with E-state index in [0.29, 0.717) is 6.61 Å². The molecule has 3 unspecified atom stereocenters. The zero-order valence-electron chi connectivity index (χ0n) is 16.4. The van der Waals surface area contributed by atoms with Crippen LogP contribution in [0.4, 0.5) is 5.69 Å². The summed E-state index contributed by atoms with van der Waals surface area (Å²) in [5, 5.41) is 14.6. The van der Waals surface area contributed by atoms with Gasteiger partial charge in [-0.1, -0.05) is 71.1 Å². The number of ether oxygens (including phenoxy) is 1. The molecule has 2 N–H and O–H groups in total. The van der Waals surface area contributed by atoms with Gasteiger partial charge in [-0.15, -0.1) is 0 Å². The van der Waals surface area contributed by atoms with Crippen LogP contribution in [-0.2, 0) is 4.74 Å². The maximum absolute atomic E-state index is 11.0. The normalized spacial score (nSPS) is 26.9. The van der Waals surface area contributed by atoms with Gasteiger partial charge in [0.1, 0.15) is 0 Å². The van der Waals surface area contributed by atoms with Crippen LogP contribution < -0.4 is 5.32 Å². The Bertz CT molecular complexity index is 505. The second-order valence-electron chi connectivity index (χ2n) is 7.59. The molecule has 2 rings (SSSR count). The number of aliphatic hydroxyl groups is 1. The SMILES string of the molecule is CCCCCC1COC(CC)(CCCC)CNc2ccccc2C1O. The Morgan fingerprint density at radius 1 is 1.12 bits per heavy atom. The van der Waals surface area contributed by atoms with Crippen molar-refractivity contribution in [1.29, 1.82) is 0 Å². The smallest absolute Gasteiger partial charge is 0.0860 e.